The predicted molar refractivity (Wildman–Crippen MR) is 88.9 cm³/mol. The first-order valence-corrected chi connectivity index (χ1v) is 8.30. The Morgan fingerprint density at radius 2 is 1.73 bits per heavy atom. The minimum Gasteiger partial charge on any atom is -0.490 e. The summed E-state index contributed by atoms with van der Waals surface area (Å²) in [4.78, 5) is 7.31. The first-order chi connectivity index (χ1) is 10.8. The molecular weight excluding hydrogens is 278 g/mol. The van der Waals surface area contributed by atoms with E-state index >= 15 is 0 Å². The Labute approximate surface area is 133 Å². The summed E-state index contributed by atoms with van der Waals surface area (Å²) in [5, 5.41) is 9.00. The number of hydrogen-bond donors (Lipinski definition) is 1. The highest BCUT2D eigenvalue weighted by Gasteiger charge is 2.20. The van der Waals surface area contributed by atoms with E-state index < -0.39 is 0 Å². The third-order valence-electron chi connectivity index (χ3n) is 4.64. The van der Waals surface area contributed by atoms with Crippen molar-refractivity contribution >= 4 is 5.69 Å². The van der Waals surface area contributed by atoms with Crippen LogP contribution in [0.1, 0.15) is 5.56 Å². The maximum Gasteiger partial charge on any atom is 0.142 e. The van der Waals surface area contributed by atoms with Gasteiger partial charge in [0.25, 0.3) is 0 Å². The maximum absolute atomic E-state index is 9.00. The van der Waals surface area contributed by atoms with Crippen LogP contribution in [0.3, 0.4) is 0 Å². The van der Waals surface area contributed by atoms with E-state index in [0.717, 1.165) is 64.7 Å². The lowest BCUT2D eigenvalue weighted by atomic mass is 10.1. The number of anilines is 1. The van der Waals surface area contributed by atoms with E-state index in [1.165, 1.54) is 11.3 Å². The Morgan fingerprint density at radius 3 is 2.45 bits per heavy atom. The Kier molecular flexibility index (Phi) is 5.18. The second-order valence-corrected chi connectivity index (χ2v) is 6.21. The zero-order valence-electron chi connectivity index (χ0n) is 13.5. The van der Waals surface area contributed by atoms with Crippen molar-refractivity contribution in [2.24, 2.45) is 0 Å². The normalized spacial score (nSPS) is 19.8. The molecule has 0 atom stereocenters. The molecule has 0 aliphatic carbocycles. The lowest BCUT2D eigenvalue weighted by Crippen LogP contribution is -2.49. The number of aryl methyl sites for hydroxylation is 1. The van der Waals surface area contributed by atoms with Gasteiger partial charge in [0.05, 0.1) is 18.8 Å². The van der Waals surface area contributed by atoms with Gasteiger partial charge in [0.1, 0.15) is 12.4 Å². The Morgan fingerprint density at radius 1 is 1.00 bits per heavy atom. The maximum atomic E-state index is 9.00. The number of β-amino-alcohol motifs (C(OH)–C–C–N with tert-alkyl or cyclic N) is 1. The highest BCUT2D eigenvalue weighted by molar-refractivity contribution is 5.61. The summed E-state index contributed by atoms with van der Waals surface area (Å²) in [5.41, 5.74) is 2.53. The molecule has 0 amide bonds. The summed E-state index contributed by atoms with van der Waals surface area (Å²) < 4.78 is 5.76. The van der Waals surface area contributed by atoms with Crippen molar-refractivity contribution in [2.45, 2.75) is 6.92 Å². The van der Waals surface area contributed by atoms with Crippen molar-refractivity contribution in [3.8, 4) is 5.75 Å². The van der Waals surface area contributed by atoms with Crippen LogP contribution in [-0.4, -0.2) is 80.5 Å². The Bertz CT molecular complexity index is 487. The van der Waals surface area contributed by atoms with Crippen LogP contribution in [0.5, 0.6) is 5.75 Å². The zero-order chi connectivity index (χ0) is 15.4. The molecule has 122 valence electrons. The molecule has 2 heterocycles. The fourth-order valence-electron chi connectivity index (χ4n) is 3.26. The number of hydrogen-bond acceptors (Lipinski definition) is 5. The zero-order valence-corrected chi connectivity index (χ0v) is 13.5. The highest BCUT2D eigenvalue weighted by atomic mass is 16.5. The number of piperazine rings is 1. The van der Waals surface area contributed by atoms with Gasteiger partial charge in [0.15, 0.2) is 0 Å². The van der Waals surface area contributed by atoms with Gasteiger partial charge in [-0.25, -0.2) is 0 Å². The fraction of sp³-hybridized carbons (Fsp3) is 0.647. The molecule has 5 heteroatoms. The molecule has 1 N–H and O–H groups in total. The topological polar surface area (TPSA) is 39.2 Å². The lowest BCUT2D eigenvalue weighted by Gasteiger charge is -2.37. The SMILES string of the molecule is Cc1ccc2c(c1)N(CCN1CCN(CCO)CC1)CCO2. The van der Waals surface area contributed by atoms with Crippen LogP contribution in [0.25, 0.3) is 0 Å². The summed E-state index contributed by atoms with van der Waals surface area (Å²) in [5.74, 6) is 1.02. The van der Waals surface area contributed by atoms with E-state index in [1.807, 2.05) is 0 Å². The van der Waals surface area contributed by atoms with Crippen molar-refractivity contribution in [2.75, 3.05) is 70.5 Å². The third kappa shape index (κ3) is 3.72. The number of fused-ring (bicyclic) bond motifs is 1. The van der Waals surface area contributed by atoms with Crippen LogP contribution in [0.2, 0.25) is 0 Å². The van der Waals surface area contributed by atoms with E-state index in [4.69, 9.17) is 9.84 Å². The summed E-state index contributed by atoms with van der Waals surface area (Å²) >= 11 is 0. The molecule has 1 fully saturated rings. The second kappa shape index (κ2) is 7.31. The van der Waals surface area contributed by atoms with Crippen LogP contribution in [0, 0.1) is 6.92 Å². The molecule has 5 nitrogen and oxygen atoms in total. The van der Waals surface area contributed by atoms with Gasteiger partial charge < -0.3 is 14.7 Å². The summed E-state index contributed by atoms with van der Waals surface area (Å²) in [7, 11) is 0. The van der Waals surface area contributed by atoms with Gasteiger partial charge in [0.2, 0.25) is 0 Å². The van der Waals surface area contributed by atoms with Crippen LogP contribution in [0.4, 0.5) is 5.69 Å². The van der Waals surface area contributed by atoms with Crippen molar-refractivity contribution in [3.63, 3.8) is 0 Å². The van der Waals surface area contributed by atoms with Gasteiger partial charge in [-0.15, -0.1) is 0 Å². The van der Waals surface area contributed by atoms with Crippen LogP contribution in [0.15, 0.2) is 18.2 Å². The monoisotopic (exact) mass is 305 g/mol. The van der Waals surface area contributed by atoms with Crippen molar-refractivity contribution in [1.29, 1.82) is 0 Å². The van der Waals surface area contributed by atoms with Crippen molar-refractivity contribution in [1.82, 2.24) is 9.80 Å². The standard InChI is InChI=1S/C17H27N3O2/c1-15-2-3-17-16(14-15)20(11-13-22-17)9-8-18-4-6-19(7-5-18)10-12-21/h2-3,14,21H,4-13H2,1H3. The van der Waals surface area contributed by atoms with Gasteiger partial charge in [-0.2, -0.15) is 0 Å². The second-order valence-electron chi connectivity index (χ2n) is 6.21. The van der Waals surface area contributed by atoms with E-state index in [-0.39, 0.29) is 6.61 Å². The molecule has 1 saturated heterocycles. The summed E-state index contributed by atoms with van der Waals surface area (Å²) in [6, 6.07) is 6.43. The quantitative estimate of drug-likeness (QED) is 0.871. The number of aliphatic hydroxyl groups is 1. The Balaban J connectivity index is 1.52. The molecule has 0 radical (unpaired) electrons. The van der Waals surface area contributed by atoms with Crippen molar-refractivity contribution < 1.29 is 9.84 Å². The molecule has 0 spiro atoms. The average molecular weight is 305 g/mol. The molecule has 1 aromatic rings. The first-order valence-electron chi connectivity index (χ1n) is 8.30. The molecular formula is C17H27N3O2. The molecule has 2 aliphatic heterocycles. The Hall–Kier alpha value is -1.30. The van der Waals surface area contributed by atoms with E-state index in [9.17, 15) is 0 Å². The van der Waals surface area contributed by atoms with Crippen molar-refractivity contribution in [3.05, 3.63) is 23.8 Å². The largest absolute Gasteiger partial charge is 0.490 e. The molecule has 0 bridgehead atoms. The number of ether oxygens (including phenoxy) is 1. The predicted octanol–water partition coefficient (Wildman–Crippen LogP) is 0.804. The molecule has 0 aromatic heterocycles. The first kappa shape index (κ1) is 15.6. The highest BCUT2D eigenvalue weighted by Crippen LogP contribution is 2.32. The van der Waals surface area contributed by atoms with Crippen LogP contribution in [-0.2, 0) is 0 Å². The molecule has 22 heavy (non-hydrogen) atoms. The molecule has 2 aliphatic rings. The molecule has 3 rings (SSSR count). The summed E-state index contributed by atoms with van der Waals surface area (Å²) in [6.07, 6.45) is 0. The smallest absolute Gasteiger partial charge is 0.142 e. The fourth-order valence-corrected chi connectivity index (χ4v) is 3.26. The van der Waals surface area contributed by atoms with E-state index in [1.54, 1.807) is 0 Å². The number of benzene rings is 1. The van der Waals surface area contributed by atoms with Crippen LogP contribution < -0.4 is 9.64 Å². The van der Waals surface area contributed by atoms with E-state index in [0.29, 0.717) is 0 Å². The lowest BCUT2D eigenvalue weighted by molar-refractivity contribution is 0.114. The van der Waals surface area contributed by atoms with Gasteiger partial charge in [-0.05, 0) is 24.6 Å². The molecule has 0 unspecified atom stereocenters. The van der Waals surface area contributed by atoms with Gasteiger partial charge in [-0.3, -0.25) is 9.80 Å². The summed E-state index contributed by atoms with van der Waals surface area (Å²) in [6.45, 7) is 11.5. The minimum atomic E-state index is 0.268. The van der Waals surface area contributed by atoms with E-state index in [2.05, 4.69) is 39.8 Å². The van der Waals surface area contributed by atoms with Crippen LogP contribution >= 0.6 is 0 Å². The molecule has 0 saturated carbocycles. The average Bonchev–Trinajstić information content (AvgIpc) is 2.54. The third-order valence-corrected chi connectivity index (χ3v) is 4.64. The number of nitrogens with zero attached hydrogens (tertiary/aromatic N) is 3. The van der Waals surface area contributed by atoms with Gasteiger partial charge in [-0.1, -0.05) is 6.07 Å². The van der Waals surface area contributed by atoms with Gasteiger partial charge in [0, 0.05) is 45.8 Å². The number of aliphatic hydroxyl groups excluding tert-OH is 1. The molecule has 1 aromatic carbocycles. The number of rotatable bonds is 5. The van der Waals surface area contributed by atoms with Gasteiger partial charge >= 0.3 is 0 Å². The minimum absolute atomic E-state index is 0.268.